The zero-order valence-electron chi connectivity index (χ0n) is 10.4. The molecule has 0 N–H and O–H groups in total. The van der Waals surface area contributed by atoms with Crippen molar-refractivity contribution in [3.63, 3.8) is 0 Å². The Morgan fingerprint density at radius 3 is 2.37 bits per heavy atom. The van der Waals surface area contributed by atoms with Crippen molar-refractivity contribution in [1.29, 1.82) is 0 Å². The van der Waals surface area contributed by atoms with E-state index in [2.05, 4.69) is 0 Å². The van der Waals surface area contributed by atoms with Gasteiger partial charge in [0.15, 0.2) is 9.84 Å². The first-order valence-electron chi connectivity index (χ1n) is 6.11. The second kappa shape index (κ2) is 4.18. The van der Waals surface area contributed by atoms with Crippen molar-refractivity contribution in [1.82, 2.24) is 0 Å². The maximum absolute atomic E-state index is 12.2. The molecule has 2 atom stereocenters. The summed E-state index contributed by atoms with van der Waals surface area (Å²) in [5, 5.41) is 11.1. The molecule has 3 nitrogen and oxygen atoms in total. The van der Waals surface area contributed by atoms with E-state index in [1.165, 1.54) is 6.92 Å². The SMILES string of the molecule is CC1C([O-])c2ccc(-c3ccccc3)cc2S1(=O)=O. The number of hydrogen-bond donors (Lipinski definition) is 0. The van der Waals surface area contributed by atoms with E-state index in [1.54, 1.807) is 12.1 Å². The average Bonchev–Trinajstić information content (AvgIpc) is 2.61. The normalized spacial score (nSPS) is 24.1. The predicted octanol–water partition coefficient (Wildman–Crippen LogP) is 1.93. The van der Waals surface area contributed by atoms with Crippen molar-refractivity contribution in [2.24, 2.45) is 0 Å². The molecule has 0 radical (unpaired) electrons. The summed E-state index contributed by atoms with van der Waals surface area (Å²) < 4.78 is 24.4. The molecule has 0 fully saturated rings. The maximum Gasteiger partial charge on any atom is 0.180 e. The summed E-state index contributed by atoms with van der Waals surface area (Å²) in [6, 6.07) is 14.6. The van der Waals surface area contributed by atoms with E-state index in [0.29, 0.717) is 5.56 Å². The number of fused-ring (bicyclic) bond motifs is 1. The fourth-order valence-electron chi connectivity index (χ4n) is 2.44. The van der Waals surface area contributed by atoms with Gasteiger partial charge in [-0.2, -0.15) is 0 Å². The fourth-order valence-corrected chi connectivity index (χ4v) is 4.12. The molecule has 2 aromatic rings. The monoisotopic (exact) mass is 273 g/mol. The molecule has 4 heteroatoms. The molecule has 0 bridgehead atoms. The molecule has 0 aromatic heterocycles. The zero-order chi connectivity index (χ0) is 13.6. The van der Waals surface area contributed by atoms with E-state index in [-0.39, 0.29) is 4.90 Å². The van der Waals surface area contributed by atoms with E-state index < -0.39 is 21.2 Å². The summed E-state index contributed by atoms with van der Waals surface area (Å²) in [7, 11) is -3.48. The molecular weight excluding hydrogens is 260 g/mol. The topological polar surface area (TPSA) is 57.2 Å². The van der Waals surface area contributed by atoms with Gasteiger partial charge in [-0.05, 0) is 29.7 Å². The number of benzene rings is 2. The van der Waals surface area contributed by atoms with Gasteiger partial charge in [-0.25, -0.2) is 8.42 Å². The highest BCUT2D eigenvalue weighted by molar-refractivity contribution is 7.92. The number of rotatable bonds is 1. The minimum atomic E-state index is -3.48. The van der Waals surface area contributed by atoms with Crippen LogP contribution in [0.25, 0.3) is 11.1 Å². The standard InChI is InChI=1S/C15H13O3S/c1-10-15(16)13-8-7-12(9-14(13)19(10,17)18)11-5-3-2-4-6-11/h2-10,15H,1H3/q-1. The van der Waals surface area contributed by atoms with Crippen LogP contribution in [0.15, 0.2) is 53.4 Å². The molecule has 0 spiro atoms. The highest BCUT2D eigenvalue weighted by atomic mass is 32.2. The van der Waals surface area contributed by atoms with Gasteiger partial charge in [-0.3, -0.25) is 0 Å². The third-order valence-corrected chi connectivity index (χ3v) is 5.84. The summed E-state index contributed by atoms with van der Waals surface area (Å²) in [4.78, 5) is 0.196. The second-order valence-electron chi connectivity index (χ2n) is 4.79. The summed E-state index contributed by atoms with van der Waals surface area (Å²) in [5.74, 6) is 0. The Morgan fingerprint density at radius 2 is 1.68 bits per heavy atom. The third-order valence-electron chi connectivity index (χ3n) is 3.65. The highest BCUT2D eigenvalue weighted by Crippen LogP contribution is 2.39. The lowest BCUT2D eigenvalue weighted by Crippen LogP contribution is -2.26. The Labute approximate surface area is 112 Å². The van der Waals surface area contributed by atoms with Gasteiger partial charge in [-0.1, -0.05) is 48.6 Å². The average molecular weight is 273 g/mol. The van der Waals surface area contributed by atoms with Crippen LogP contribution in [0.2, 0.25) is 0 Å². The van der Waals surface area contributed by atoms with Crippen LogP contribution in [0.3, 0.4) is 0 Å². The van der Waals surface area contributed by atoms with Crippen LogP contribution in [0.5, 0.6) is 0 Å². The second-order valence-corrected chi connectivity index (χ2v) is 7.06. The molecule has 3 rings (SSSR count). The van der Waals surface area contributed by atoms with Crippen molar-refractivity contribution in [2.45, 2.75) is 23.2 Å². The first-order chi connectivity index (χ1) is 9.01. The molecule has 19 heavy (non-hydrogen) atoms. The van der Waals surface area contributed by atoms with Gasteiger partial charge >= 0.3 is 0 Å². The lowest BCUT2D eigenvalue weighted by molar-refractivity contribution is -0.424. The van der Waals surface area contributed by atoms with Crippen molar-refractivity contribution < 1.29 is 13.5 Å². The van der Waals surface area contributed by atoms with Crippen LogP contribution in [0.4, 0.5) is 0 Å². The molecule has 1 aliphatic heterocycles. The molecule has 0 aliphatic carbocycles. The van der Waals surface area contributed by atoms with Crippen molar-refractivity contribution in [3.05, 3.63) is 54.1 Å². The molecule has 98 valence electrons. The third kappa shape index (κ3) is 1.79. The van der Waals surface area contributed by atoms with Gasteiger partial charge in [-0.15, -0.1) is 0 Å². The lowest BCUT2D eigenvalue weighted by Gasteiger charge is -2.20. The van der Waals surface area contributed by atoms with Crippen LogP contribution in [-0.4, -0.2) is 13.7 Å². The Bertz CT molecular complexity index is 720. The quantitative estimate of drug-likeness (QED) is 0.797. The summed E-state index contributed by atoms with van der Waals surface area (Å²) >= 11 is 0. The smallest absolute Gasteiger partial charge is 0.180 e. The summed E-state index contributed by atoms with van der Waals surface area (Å²) in [6.07, 6.45) is -1.18. The van der Waals surface area contributed by atoms with E-state index in [1.807, 2.05) is 36.4 Å². The molecular formula is C15H13O3S-. The molecule has 0 saturated heterocycles. The van der Waals surface area contributed by atoms with Crippen LogP contribution in [-0.2, 0) is 9.84 Å². The number of hydrogen-bond acceptors (Lipinski definition) is 3. The van der Waals surface area contributed by atoms with Crippen LogP contribution in [0.1, 0.15) is 18.6 Å². The summed E-state index contributed by atoms with van der Waals surface area (Å²) in [5.41, 5.74) is 2.17. The Balaban J connectivity index is 2.20. The molecule has 1 aliphatic rings. The van der Waals surface area contributed by atoms with Gasteiger partial charge in [0.1, 0.15) is 0 Å². The molecule has 2 unspecified atom stereocenters. The van der Waals surface area contributed by atoms with Crippen LogP contribution < -0.4 is 5.11 Å². The van der Waals surface area contributed by atoms with Gasteiger partial charge in [0.25, 0.3) is 0 Å². The summed E-state index contributed by atoms with van der Waals surface area (Å²) in [6.45, 7) is 1.48. The Kier molecular flexibility index (Phi) is 2.73. The Hall–Kier alpha value is -1.65. The van der Waals surface area contributed by atoms with Crippen molar-refractivity contribution in [3.8, 4) is 11.1 Å². The van der Waals surface area contributed by atoms with Crippen LogP contribution >= 0.6 is 0 Å². The molecule has 2 aromatic carbocycles. The first-order valence-corrected chi connectivity index (χ1v) is 7.65. The molecule has 1 heterocycles. The largest absolute Gasteiger partial charge is 0.848 e. The van der Waals surface area contributed by atoms with Crippen molar-refractivity contribution in [2.75, 3.05) is 0 Å². The van der Waals surface area contributed by atoms with Crippen LogP contribution in [0, 0.1) is 0 Å². The molecule has 0 amide bonds. The molecule has 0 saturated carbocycles. The maximum atomic E-state index is 12.2. The van der Waals surface area contributed by atoms with Crippen molar-refractivity contribution >= 4 is 9.84 Å². The Morgan fingerprint density at radius 1 is 1.00 bits per heavy atom. The first kappa shape index (κ1) is 12.4. The van der Waals surface area contributed by atoms with E-state index >= 15 is 0 Å². The van der Waals surface area contributed by atoms with Gasteiger partial charge in [0.05, 0.1) is 10.1 Å². The van der Waals surface area contributed by atoms with Gasteiger partial charge in [0, 0.05) is 0 Å². The fraction of sp³-hybridized carbons (Fsp3) is 0.200. The lowest BCUT2D eigenvalue weighted by atomic mass is 10.0. The van der Waals surface area contributed by atoms with E-state index in [9.17, 15) is 13.5 Å². The van der Waals surface area contributed by atoms with E-state index in [4.69, 9.17) is 0 Å². The van der Waals surface area contributed by atoms with Gasteiger partial charge < -0.3 is 5.11 Å². The van der Waals surface area contributed by atoms with E-state index in [0.717, 1.165) is 11.1 Å². The predicted molar refractivity (Wildman–Crippen MR) is 71.3 cm³/mol. The zero-order valence-corrected chi connectivity index (χ0v) is 11.2. The number of sulfone groups is 1. The highest BCUT2D eigenvalue weighted by Gasteiger charge is 2.36. The van der Waals surface area contributed by atoms with Gasteiger partial charge in [0.2, 0.25) is 0 Å². The minimum absolute atomic E-state index is 0.196. The minimum Gasteiger partial charge on any atom is -0.848 e.